The molecule has 5 heteroatoms. The van der Waals surface area contributed by atoms with Crippen molar-refractivity contribution in [3.8, 4) is 0 Å². The number of hydrogen-bond acceptors (Lipinski definition) is 3. The van der Waals surface area contributed by atoms with E-state index in [1.807, 2.05) is 0 Å². The van der Waals surface area contributed by atoms with Crippen LogP contribution in [-0.2, 0) is 0 Å². The van der Waals surface area contributed by atoms with Crippen molar-refractivity contribution >= 4 is 38.1 Å². The highest BCUT2D eigenvalue weighted by atomic mass is 79.9. The normalized spacial score (nSPS) is 11.0. The van der Waals surface area contributed by atoms with Gasteiger partial charge >= 0.3 is 0 Å². The number of rotatable bonds is 1. The number of hydrazone groups is 1. The Labute approximate surface area is 74.5 Å². The van der Waals surface area contributed by atoms with Crippen LogP contribution < -0.4 is 5.84 Å². The number of hydrogen-bond donors (Lipinski definition) is 1. The minimum absolute atomic E-state index is 0.612. The minimum atomic E-state index is 0.612. The fourth-order valence-corrected chi connectivity index (χ4v) is 1.11. The van der Waals surface area contributed by atoms with Crippen LogP contribution in [0.1, 0.15) is 5.76 Å². The highest BCUT2D eigenvalue weighted by Gasteiger charge is 2.02. The first-order valence-electron chi connectivity index (χ1n) is 2.42. The molecule has 1 aromatic rings. The zero-order valence-corrected chi connectivity index (χ0v) is 8.02. The van der Waals surface area contributed by atoms with E-state index in [-0.39, 0.29) is 0 Å². The third-order valence-corrected chi connectivity index (χ3v) is 2.58. The molecule has 0 aliphatic carbocycles. The molecule has 1 aromatic heterocycles. The largest absolute Gasteiger partial charge is 0.447 e. The van der Waals surface area contributed by atoms with Gasteiger partial charge in [-0.15, -0.1) is 0 Å². The van der Waals surface area contributed by atoms with Gasteiger partial charge in [0, 0.05) is 6.07 Å². The first-order valence-corrected chi connectivity index (χ1v) is 4.00. The molecule has 0 aliphatic rings. The molecule has 0 bridgehead atoms. The van der Waals surface area contributed by atoms with Crippen molar-refractivity contribution in [3.05, 3.63) is 21.0 Å². The smallest absolute Gasteiger partial charge is 0.184 e. The van der Waals surface area contributed by atoms with E-state index in [1.165, 1.54) is 6.21 Å². The minimum Gasteiger partial charge on any atom is -0.447 e. The fraction of sp³-hybridized carbons (Fsp3) is 0. The second kappa shape index (κ2) is 3.21. The molecular weight excluding hydrogens is 264 g/mol. The highest BCUT2D eigenvalue weighted by Crippen LogP contribution is 2.25. The predicted octanol–water partition coefficient (Wildman–Crippen LogP) is 2.10. The number of halogens is 2. The van der Waals surface area contributed by atoms with Crippen LogP contribution in [0.15, 0.2) is 24.7 Å². The Morgan fingerprint density at radius 1 is 1.60 bits per heavy atom. The maximum Gasteiger partial charge on any atom is 0.184 e. The molecule has 0 saturated heterocycles. The summed E-state index contributed by atoms with van der Waals surface area (Å²) in [6.07, 6.45) is 1.43. The Kier molecular flexibility index (Phi) is 2.50. The van der Waals surface area contributed by atoms with Crippen LogP contribution in [0.2, 0.25) is 0 Å². The van der Waals surface area contributed by atoms with E-state index in [9.17, 15) is 0 Å². The van der Waals surface area contributed by atoms with Crippen LogP contribution in [0.25, 0.3) is 0 Å². The molecule has 0 radical (unpaired) electrons. The first kappa shape index (κ1) is 7.81. The van der Waals surface area contributed by atoms with Crippen molar-refractivity contribution in [2.45, 2.75) is 0 Å². The summed E-state index contributed by atoms with van der Waals surface area (Å²) in [5, 5.41) is 3.30. The lowest BCUT2D eigenvalue weighted by atomic mass is 10.5. The van der Waals surface area contributed by atoms with Gasteiger partial charge in [-0.3, -0.25) is 0 Å². The lowest BCUT2D eigenvalue weighted by Crippen LogP contribution is -1.81. The Bertz CT molecular complexity index is 237. The predicted molar refractivity (Wildman–Crippen MR) is 45.9 cm³/mol. The van der Waals surface area contributed by atoms with Crippen LogP contribution in [0.5, 0.6) is 0 Å². The number of furan rings is 1. The zero-order chi connectivity index (χ0) is 7.56. The Morgan fingerprint density at radius 2 is 2.30 bits per heavy atom. The monoisotopic (exact) mass is 266 g/mol. The molecule has 0 aliphatic heterocycles. The van der Waals surface area contributed by atoms with E-state index in [0.717, 1.165) is 4.47 Å². The highest BCUT2D eigenvalue weighted by molar-refractivity contribution is 9.13. The van der Waals surface area contributed by atoms with E-state index in [0.29, 0.717) is 10.4 Å². The molecule has 0 saturated carbocycles. The van der Waals surface area contributed by atoms with Crippen LogP contribution in [0, 0.1) is 0 Å². The van der Waals surface area contributed by atoms with Crippen LogP contribution in [0.3, 0.4) is 0 Å². The van der Waals surface area contributed by atoms with Gasteiger partial charge in [-0.05, 0) is 31.9 Å². The van der Waals surface area contributed by atoms with E-state index < -0.39 is 0 Å². The van der Waals surface area contributed by atoms with Gasteiger partial charge in [-0.2, -0.15) is 5.10 Å². The molecule has 0 unspecified atom stereocenters. The quantitative estimate of drug-likeness (QED) is 0.481. The molecule has 10 heavy (non-hydrogen) atoms. The topological polar surface area (TPSA) is 51.5 Å². The first-order chi connectivity index (χ1) is 4.74. The summed E-state index contributed by atoms with van der Waals surface area (Å²) in [5.74, 6) is 5.51. The van der Waals surface area contributed by atoms with Gasteiger partial charge < -0.3 is 10.3 Å². The van der Waals surface area contributed by atoms with E-state index >= 15 is 0 Å². The second-order valence-corrected chi connectivity index (χ2v) is 3.12. The molecule has 1 rings (SSSR count). The van der Waals surface area contributed by atoms with E-state index in [4.69, 9.17) is 10.3 Å². The van der Waals surface area contributed by atoms with Crippen LogP contribution in [0.4, 0.5) is 0 Å². The maximum atomic E-state index is 5.10. The summed E-state index contributed by atoms with van der Waals surface area (Å²) >= 11 is 6.41. The molecule has 0 atom stereocenters. The number of nitrogens with two attached hydrogens (primary N) is 1. The molecule has 3 nitrogen and oxygen atoms in total. The SMILES string of the molecule is N/N=C/c1cc(Br)c(Br)o1. The summed E-state index contributed by atoms with van der Waals surface area (Å²) in [7, 11) is 0. The Morgan fingerprint density at radius 3 is 2.70 bits per heavy atom. The molecule has 0 aromatic carbocycles. The fourth-order valence-electron chi connectivity index (χ4n) is 0.500. The van der Waals surface area contributed by atoms with Gasteiger partial charge in [0.2, 0.25) is 0 Å². The Hall–Kier alpha value is -0.290. The summed E-state index contributed by atoms with van der Waals surface area (Å²) in [5.41, 5.74) is 0. The van der Waals surface area contributed by atoms with Crippen molar-refractivity contribution in [3.63, 3.8) is 0 Å². The molecular formula is C5H4Br2N2O. The van der Waals surface area contributed by atoms with Gasteiger partial charge in [-0.1, -0.05) is 0 Å². The van der Waals surface area contributed by atoms with Gasteiger partial charge in [-0.25, -0.2) is 0 Å². The van der Waals surface area contributed by atoms with Crippen molar-refractivity contribution in [2.24, 2.45) is 10.9 Å². The van der Waals surface area contributed by atoms with Gasteiger partial charge in [0.1, 0.15) is 5.76 Å². The summed E-state index contributed by atoms with van der Waals surface area (Å²) in [6, 6.07) is 1.76. The summed E-state index contributed by atoms with van der Waals surface area (Å²) in [6.45, 7) is 0. The Balaban J connectivity index is 2.98. The molecule has 0 amide bonds. The van der Waals surface area contributed by atoms with Crippen molar-refractivity contribution in [1.82, 2.24) is 0 Å². The second-order valence-electron chi connectivity index (χ2n) is 1.55. The van der Waals surface area contributed by atoms with Gasteiger partial charge in [0.05, 0.1) is 10.7 Å². The van der Waals surface area contributed by atoms with Gasteiger partial charge in [0.25, 0.3) is 0 Å². The van der Waals surface area contributed by atoms with E-state index in [2.05, 4.69) is 37.0 Å². The molecule has 2 N–H and O–H groups in total. The maximum absolute atomic E-state index is 5.10. The average molecular weight is 268 g/mol. The molecule has 1 heterocycles. The third-order valence-electron chi connectivity index (χ3n) is 0.866. The lowest BCUT2D eigenvalue weighted by molar-refractivity contribution is 0.533. The average Bonchev–Trinajstić information content (AvgIpc) is 2.14. The standard InChI is InChI=1S/C5H4Br2N2O/c6-4-1-3(2-9-8)10-5(4)7/h1-2H,8H2/b9-2+. The number of nitrogens with zero attached hydrogens (tertiary/aromatic N) is 1. The molecule has 54 valence electrons. The van der Waals surface area contributed by atoms with Crippen molar-refractivity contribution < 1.29 is 4.42 Å². The van der Waals surface area contributed by atoms with Crippen molar-refractivity contribution in [2.75, 3.05) is 0 Å². The summed E-state index contributed by atoms with van der Waals surface area (Å²) < 4.78 is 6.59. The van der Waals surface area contributed by atoms with Crippen molar-refractivity contribution in [1.29, 1.82) is 0 Å². The zero-order valence-electron chi connectivity index (χ0n) is 4.84. The van der Waals surface area contributed by atoms with E-state index in [1.54, 1.807) is 6.07 Å². The van der Waals surface area contributed by atoms with Crippen LogP contribution >= 0.6 is 31.9 Å². The molecule has 0 fully saturated rings. The molecule has 0 spiro atoms. The lowest BCUT2D eigenvalue weighted by Gasteiger charge is -1.78. The third kappa shape index (κ3) is 1.60. The van der Waals surface area contributed by atoms with Gasteiger partial charge in [0.15, 0.2) is 4.67 Å². The van der Waals surface area contributed by atoms with Crippen LogP contribution in [-0.4, -0.2) is 6.21 Å². The summed E-state index contributed by atoms with van der Waals surface area (Å²) in [4.78, 5) is 0.